The second kappa shape index (κ2) is 2.27. The van der Waals surface area contributed by atoms with E-state index in [1.165, 1.54) is 5.56 Å². The molecule has 1 aromatic carbocycles. The molecule has 1 N–H and O–H groups in total. The van der Waals surface area contributed by atoms with Crippen molar-refractivity contribution in [2.75, 3.05) is 0 Å². The number of benzene rings is 1. The summed E-state index contributed by atoms with van der Waals surface area (Å²) >= 11 is 0. The topological polar surface area (TPSA) is 29.1 Å². The molecule has 2 atom stereocenters. The van der Waals surface area contributed by atoms with Crippen molar-refractivity contribution >= 4 is 12.0 Å². The van der Waals surface area contributed by atoms with Gasteiger partial charge in [-0.05, 0) is 18.1 Å². The average Bonchev–Trinajstić information content (AvgIpc) is 2.22. The Bertz CT molecular complexity index is 449. The molecule has 1 aromatic rings. The number of carbonyl (C=O) groups excluding carboxylic acids is 1. The summed E-state index contributed by atoms with van der Waals surface area (Å²) in [6.45, 7) is 2.01. The summed E-state index contributed by atoms with van der Waals surface area (Å²) < 4.78 is 0. The second-order valence-electron chi connectivity index (χ2n) is 4.10. The smallest absolute Gasteiger partial charge is 0.233 e. The first-order valence-electron chi connectivity index (χ1n) is 4.81. The van der Waals surface area contributed by atoms with E-state index in [2.05, 4.69) is 23.5 Å². The molecule has 1 aliphatic heterocycles. The predicted octanol–water partition coefficient (Wildman–Crippen LogP) is 1.47. The molecule has 2 aliphatic rings. The Balaban J connectivity index is 2.25. The Hall–Kier alpha value is -1.57. The van der Waals surface area contributed by atoms with Crippen molar-refractivity contribution in [1.29, 1.82) is 0 Å². The van der Waals surface area contributed by atoms with E-state index in [4.69, 9.17) is 0 Å². The maximum absolute atomic E-state index is 11.6. The molecular weight excluding hydrogens is 174 g/mol. The van der Waals surface area contributed by atoms with Crippen LogP contribution in [0.1, 0.15) is 18.1 Å². The zero-order chi connectivity index (χ0) is 9.76. The lowest BCUT2D eigenvalue weighted by Gasteiger charge is -2.47. The number of amides is 1. The van der Waals surface area contributed by atoms with Gasteiger partial charge in [-0.2, -0.15) is 0 Å². The fourth-order valence-corrected chi connectivity index (χ4v) is 2.34. The van der Waals surface area contributed by atoms with Crippen LogP contribution in [0, 0.1) is 0 Å². The summed E-state index contributed by atoms with van der Waals surface area (Å²) in [6, 6.07) is 8.28. The van der Waals surface area contributed by atoms with Gasteiger partial charge in [0.2, 0.25) is 5.91 Å². The highest BCUT2D eigenvalue weighted by molar-refractivity contribution is 5.98. The first-order chi connectivity index (χ1) is 6.73. The van der Waals surface area contributed by atoms with Crippen LogP contribution in [0.5, 0.6) is 0 Å². The summed E-state index contributed by atoms with van der Waals surface area (Å²) in [5, 5.41) is 2.90. The summed E-state index contributed by atoms with van der Waals surface area (Å²) in [5.74, 6) is 0.138. The number of nitrogens with one attached hydrogen (secondary N) is 1. The van der Waals surface area contributed by atoms with Crippen molar-refractivity contribution in [3.63, 3.8) is 0 Å². The summed E-state index contributed by atoms with van der Waals surface area (Å²) in [6.07, 6.45) is 4.16. The Kier molecular flexibility index (Phi) is 1.26. The van der Waals surface area contributed by atoms with E-state index in [1.807, 2.05) is 25.1 Å². The fourth-order valence-electron chi connectivity index (χ4n) is 2.34. The molecule has 1 heterocycles. The molecule has 0 spiro atoms. The number of rotatable bonds is 0. The van der Waals surface area contributed by atoms with Crippen molar-refractivity contribution in [1.82, 2.24) is 5.32 Å². The van der Waals surface area contributed by atoms with Crippen LogP contribution in [0.25, 0.3) is 6.08 Å². The minimum Gasteiger partial charge on any atom is -0.348 e. The minimum absolute atomic E-state index is 0.138. The van der Waals surface area contributed by atoms with Gasteiger partial charge >= 0.3 is 0 Å². The van der Waals surface area contributed by atoms with E-state index in [0.717, 1.165) is 5.56 Å². The number of β-lactam (4-membered cyclic amide) rings is 1. The Morgan fingerprint density at radius 1 is 1.36 bits per heavy atom. The van der Waals surface area contributed by atoms with Gasteiger partial charge in [0.05, 0.1) is 11.5 Å². The molecule has 0 saturated carbocycles. The van der Waals surface area contributed by atoms with E-state index >= 15 is 0 Å². The molecular formula is C12H11NO. The first-order valence-corrected chi connectivity index (χ1v) is 4.81. The zero-order valence-electron chi connectivity index (χ0n) is 7.95. The highest BCUT2D eigenvalue weighted by atomic mass is 16.2. The van der Waals surface area contributed by atoms with Crippen LogP contribution in [0.3, 0.4) is 0 Å². The molecule has 0 unspecified atom stereocenters. The standard InChI is InChI=1S/C12H11NO/c1-12-9-5-3-2-4-8(9)6-7-10(12)13-11(12)14/h2-7,10H,1H3,(H,13,14)/t10-,12+/m0/s1. The average molecular weight is 185 g/mol. The molecule has 1 aliphatic carbocycles. The van der Waals surface area contributed by atoms with E-state index in [1.54, 1.807) is 0 Å². The zero-order valence-corrected chi connectivity index (χ0v) is 7.95. The maximum Gasteiger partial charge on any atom is 0.233 e. The quantitative estimate of drug-likeness (QED) is 0.609. The third-order valence-electron chi connectivity index (χ3n) is 3.37. The molecule has 0 bridgehead atoms. The molecule has 1 fully saturated rings. The highest BCUT2D eigenvalue weighted by Gasteiger charge is 2.53. The maximum atomic E-state index is 11.6. The van der Waals surface area contributed by atoms with Crippen LogP contribution in [-0.2, 0) is 10.2 Å². The number of carbonyl (C=O) groups is 1. The summed E-state index contributed by atoms with van der Waals surface area (Å²) in [5.41, 5.74) is 1.99. The van der Waals surface area contributed by atoms with Crippen molar-refractivity contribution in [3.05, 3.63) is 41.5 Å². The van der Waals surface area contributed by atoms with E-state index < -0.39 is 0 Å². The molecule has 0 radical (unpaired) electrons. The van der Waals surface area contributed by atoms with Gasteiger partial charge < -0.3 is 5.32 Å². The summed E-state index contributed by atoms with van der Waals surface area (Å²) in [7, 11) is 0. The third kappa shape index (κ3) is 0.699. The Labute approximate surface area is 82.6 Å². The Morgan fingerprint density at radius 3 is 2.93 bits per heavy atom. The monoisotopic (exact) mass is 185 g/mol. The largest absolute Gasteiger partial charge is 0.348 e. The third-order valence-corrected chi connectivity index (χ3v) is 3.37. The van der Waals surface area contributed by atoms with Crippen LogP contribution < -0.4 is 5.32 Å². The molecule has 2 nitrogen and oxygen atoms in total. The highest BCUT2D eigenvalue weighted by Crippen LogP contribution is 2.41. The van der Waals surface area contributed by atoms with Gasteiger partial charge in [0.15, 0.2) is 0 Å². The number of hydrogen-bond acceptors (Lipinski definition) is 1. The SMILES string of the molecule is C[C@]12C(=O)N[C@H]1C=Cc1ccccc12. The van der Waals surface area contributed by atoms with Gasteiger partial charge in [-0.1, -0.05) is 36.4 Å². The van der Waals surface area contributed by atoms with Crippen LogP contribution in [0.4, 0.5) is 0 Å². The predicted molar refractivity (Wildman–Crippen MR) is 54.8 cm³/mol. The number of hydrogen-bond donors (Lipinski definition) is 1. The molecule has 2 heteroatoms. The fraction of sp³-hybridized carbons (Fsp3) is 0.250. The van der Waals surface area contributed by atoms with Crippen LogP contribution in [-0.4, -0.2) is 11.9 Å². The molecule has 70 valence electrons. The van der Waals surface area contributed by atoms with E-state index in [-0.39, 0.29) is 17.4 Å². The van der Waals surface area contributed by atoms with Gasteiger partial charge in [0.1, 0.15) is 0 Å². The minimum atomic E-state index is -0.328. The van der Waals surface area contributed by atoms with Crippen molar-refractivity contribution in [3.8, 4) is 0 Å². The van der Waals surface area contributed by atoms with Crippen molar-refractivity contribution < 1.29 is 4.79 Å². The molecule has 3 rings (SSSR count). The molecule has 1 amide bonds. The van der Waals surface area contributed by atoms with E-state index in [0.29, 0.717) is 0 Å². The number of fused-ring (bicyclic) bond motifs is 3. The second-order valence-corrected chi connectivity index (χ2v) is 4.10. The van der Waals surface area contributed by atoms with E-state index in [9.17, 15) is 4.79 Å². The van der Waals surface area contributed by atoms with Gasteiger partial charge in [-0.15, -0.1) is 0 Å². The normalized spacial score (nSPS) is 32.6. The molecule has 1 saturated heterocycles. The lowest BCUT2D eigenvalue weighted by atomic mass is 9.65. The first kappa shape index (κ1) is 7.80. The van der Waals surface area contributed by atoms with Crippen LogP contribution >= 0.6 is 0 Å². The van der Waals surface area contributed by atoms with Gasteiger partial charge in [0.25, 0.3) is 0 Å². The van der Waals surface area contributed by atoms with Gasteiger partial charge in [-0.25, -0.2) is 0 Å². The van der Waals surface area contributed by atoms with Crippen molar-refractivity contribution in [2.24, 2.45) is 0 Å². The molecule has 14 heavy (non-hydrogen) atoms. The lowest BCUT2D eigenvalue weighted by Crippen LogP contribution is -2.68. The van der Waals surface area contributed by atoms with Gasteiger partial charge in [-0.3, -0.25) is 4.79 Å². The van der Waals surface area contributed by atoms with Crippen molar-refractivity contribution in [2.45, 2.75) is 18.4 Å². The van der Waals surface area contributed by atoms with Crippen LogP contribution in [0.15, 0.2) is 30.3 Å². The Morgan fingerprint density at radius 2 is 2.14 bits per heavy atom. The van der Waals surface area contributed by atoms with Crippen LogP contribution in [0.2, 0.25) is 0 Å². The molecule has 0 aromatic heterocycles. The summed E-state index contributed by atoms with van der Waals surface area (Å²) in [4.78, 5) is 11.6. The van der Waals surface area contributed by atoms with Gasteiger partial charge in [0, 0.05) is 0 Å². The lowest BCUT2D eigenvalue weighted by molar-refractivity contribution is -0.135.